The molecule has 2 nitrogen and oxygen atoms in total. The molecule has 0 spiro atoms. The van der Waals surface area contributed by atoms with Crippen molar-refractivity contribution in [1.29, 1.82) is 0 Å². The molecule has 1 rings (SSSR count). The SMILES string of the molecule is CC(C)C1OCCCC1=O. The molecule has 0 radical (unpaired) electrons. The van der Waals surface area contributed by atoms with Crippen LogP contribution in [0, 0.1) is 5.92 Å². The summed E-state index contributed by atoms with van der Waals surface area (Å²) in [5.41, 5.74) is 0. The van der Waals surface area contributed by atoms with Gasteiger partial charge in [0.15, 0.2) is 5.78 Å². The fourth-order valence-corrected chi connectivity index (χ4v) is 1.26. The van der Waals surface area contributed by atoms with Gasteiger partial charge in [-0.05, 0) is 12.3 Å². The van der Waals surface area contributed by atoms with Gasteiger partial charge in [0.2, 0.25) is 0 Å². The molecule has 0 saturated carbocycles. The third-order valence-corrected chi connectivity index (χ3v) is 1.79. The molecule has 0 N–H and O–H groups in total. The fraction of sp³-hybridized carbons (Fsp3) is 0.875. The third-order valence-electron chi connectivity index (χ3n) is 1.79. The highest BCUT2D eigenvalue weighted by Gasteiger charge is 2.25. The molecular weight excluding hydrogens is 128 g/mol. The van der Waals surface area contributed by atoms with Crippen molar-refractivity contribution in [2.24, 2.45) is 5.92 Å². The molecule has 10 heavy (non-hydrogen) atoms. The first-order chi connectivity index (χ1) is 4.72. The lowest BCUT2D eigenvalue weighted by Crippen LogP contribution is -2.33. The predicted octanol–water partition coefficient (Wildman–Crippen LogP) is 1.39. The van der Waals surface area contributed by atoms with Crippen molar-refractivity contribution in [2.45, 2.75) is 32.8 Å². The molecule has 58 valence electrons. The van der Waals surface area contributed by atoms with E-state index >= 15 is 0 Å². The molecule has 0 aromatic carbocycles. The first-order valence-corrected chi connectivity index (χ1v) is 3.86. The molecule has 1 heterocycles. The summed E-state index contributed by atoms with van der Waals surface area (Å²) in [5, 5.41) is 0. The summed E-state index contributed by atoms with van der Waals surface area (Å²) in [6, 6.07) is 0. The minimum Gasteiger partial charge on any atom is -0.370 e. The van der Waals surface area contributed by atoms with Crippen molar-refractivity contribution in [1.82, 2.24) is 0 Å². The molecule has 1 atom stereocenters. The van der Waals surface area contributed by atoms with Gasteiger partial charge in [0, 0.05) is 13.0 Å². The molecule has 0 aromatic rings. The molecule has 1 aliphatic rings. The Hall–Kier alpha value is -0.370. The summed E-state index contributed by atoms with van der Waals surface area (Å²) in [7, 11) is 0. The van der Waals surface area contributed by atoms with Crippen LogP contribution in [0.1, 0.15) is 26.7 Å². The average Bonchev–Trinajstić information content (AvgIpc) is 1.88. The van der Waals surface area contributed by atoms with Crippen LogP contribution in [0.4, 0.5) is 0 Å². The van der Waals surface area contributed by atoms with Gasteiger partial charge in [-0.25, -0.2) is 0 Å². The second-order valence-corrected chi connectivity index (χ2v) is 3.11. The van der Waals surface area contributed by atoms with E-state index in [4.69, 9.17) is 4.74 Å². The van der Waals surface area contributed by atoms with Crippen LogP contribution < -0.4 is 0 Å². The topological polar surface area (TPSA) is 26.3 Å². The van der Waals surface area contributed by atoms with Gasteiger partial charge in [-0.3, -0.25) is 4.79 Å². The quantitative estimate of drug-likeness (QED) is 0.553. The molecule has 2 heteroatoms. The first kappa shape index (κ1) is 7.73. The second-order valence-electron chi connectivity index (χ2n) is 3.11. The van der Waals surface area contributed by atoms with E-state index in [1.165, 1.54) is 0 Å². The average molecular weight is 142 g/mol. The van der Waals surface area contributed by atoms with Gasteiger partial charge in [-0.15, -0.1) is 0 Å². The number of Topliss-reactive ketones (excluding diaryl/α,β-unsaturated/α-hetero) is 1. The number of ketones is 1. The second kappa shape index (κ2) is 3.15. The monoisotopic (exact) mass is 142 g/mol. The van der Waals surface area contributed by atoms with Gasteiger partial charge >= 0.3 is 0 Å². The number of ether oxygens (including phenoxy) is 1. The van der Waals surface area contributed by atoms with Crippen molar-refractivity contribution in [3.05, 3.63) is 0 Å². The Bertz CT molecular complexity index is 129. The Labute approximate surface area is 61.6 Å². The van der Waals surface area contributed by atoms with Crippen molar-refractivity contribution in [3.8, 4) is 0 Å². The minimum atomic E-state index is -0.117. The summed E-state index contributed by atoms with van der Waals surface area (Å²) >= 11 is 0. The molecular formula is C8H14O2. The lowest BCUT2D eigenvalue weighted by molar-refractivity contribution is -0.138. The van der Waals surface area contributed by atoms with Gasteiger partial charge in [-0.2, -0.15) is 0 Å². The molecule has 0 bridgehead atoms. The zero-order valence-electron chi connectivity index (χ0n) is 6.59. The zero-order valence-corrected chi connectivity index (χ0v) is 6.59. The zero-order chi connectivity index (χ0) is 7.56. The van der Waals surface area contributed by atoms with E-state index in [1.807, 2.05) is 13.8 Å². The molecule has 1 aliphatic heterocycles. The van der Waals surface area contributed by atoms with Crippen LogP contribution >= 0.6 is 0 Å². The van der Waals surface area contributed by atoms with E-state index in [2.05, 4.69) is 0 Å². The number of hydrogen-bond acceptors (Lipinski definition) is 2. The summed E-state index contributed by atoms with van der Waals surface area (Å²) in [6.07, 6.45) is 1.50. The smallest absolute Gasteiger partial charge is 0.161 e. The molecule has 1 unspecified atom stereocenters. The Kier molecular flexibility index (Phi) is 2.44. The van der Waals surface area contributed by atoms with Crippen LogP contribution in [-0.4, -0.2) is 18.5 Å². The highest BCUT2D eigenvalue weighted by Crippen LogP contribution is 2.15. The standard InChI is InChI=1S/C8H14O2/c1-6(2)8-7(9)4-3-5-10-8/h6,8H,3-5H2,1-2H3. The van der Waals surface area contributed by atoms with Crippen LogP contribution in [-0.2, 0) is 9.53 Å². The third kappa shape index (κ3) is 1.57. The lowest BCUT2D eigenvalue weighted by atomic mass is 9.98. The maximum absolute atomic E-state index is 11.1. The van der Waals surface area contributed by atoms with Gasteiger partial charge in [-0.1, -0.05) is 13.8 Å². The molecule has 0 aliphatic carbocycles. The highest BCUT2D eigenvalue weighted by molar-refractivity contribution is 5.83. The molecule has 1 fully saturated rings. The van der Waals surface area contributed by atoms with Crippen LogP contribution in [0.2, 0.25) is 0 Å². The first-order valence-electron chi connectivity index (χ1n) is 3.86. The van der Waals surface area contributed by atoms with E-state index in [9.17, 15) is 4.79 Å². The highest BCUT2D eigenvalue weighted by atomic mass is 16.5. The van der Waals surface area contributed by atoms with Gasteiger partial charge in [0.1, 0.15) is 6.10 Å². The van der Waals surface area contributed by atoms with Crippen LogP contribution in [0.5, 0.6) is 0 Å². The van der Waals surface area contributed by atoms with Crippen molar-refractivity contribution >= 4 is 5.78 Å². The van der Waals surface area contributed by atoms with Gasteiger partial charge in [0.05, 0.1) is 0 Å². The summed E-state index contributed by atoms with van der Waals surface area (Å²) in [6.45, 7) is 4.80. The molecule has 0 aromatic heterocycles. The van der Waals surface area contributed by atoms with Crippen molar-refractivity contribution in [2.75, 3.05) is 6.61 Å². The van der Waals surface area contributed by atoms with E-state index in [0.29, 0.717) is 12.3 Å². The predicted molar refractivity (Wildman–Crippen MR) is 38.8 cm³/mol. The number of hydrogen-bond donors (Lipinski definition) is 0. The van der Waals surface area contributed by atoms with Crippen LogP contribution in [0.15, 0.2) is 0 Å². The number of carbonyl (C=O) groups excluding carboxylic acids is 1. The summed E-state index contributed by atoms with van der Waals surface area (Å²) < 4.78 is 5.30. The lowest BCUT2D eigenvalue weighted by Gasteiger charge is -2.24. The number of carbonyl (C=O) groups is 1. The molecule has 1 saturated heterocycles. The Morgan fingerprint density at radius 3 is 2.70 bits per heavy atom. The maximum Gasteiger partial charge on any atom is 0.161 e. The minimum absolute atomic E-state index is 0.117. The maximum atomic E-state index is 11.1. The van der Waals surface area contributed by atoms with Crippen LogP contribution in [0.25, 0.3) is 0 Å². The summed E-state index contributed by atoms with van der Waals surface area (Å²) in [5.74, 6) is 0.619. The van der Waals surface area contributed by atoms with Crippen LogP contribution in [0.3, 0.4) is 0 Å². The normalized spacial score (nSPS) is 27.5. The fourth-order valence-electron chi connectivity index (χ4n) is 1.26. The largest absolute Gasteiger partial charge is 0.370 e. The van der Waals surface area contributed by atoms with Crippen molar-refractivity contribution < 1.29 is 9.53 Å². The van der Waals surface area contributed by atoms with Gasteiger partial charge in [0.25, 0.3) is 0 Å². The van der Waals surface area contributed by atoms with Crippen molar-refractivity contribution in [3.63, 3.8) is 0 Å². The van der Waals surface area contributed by atoms with E-state index < -0.39 is 0 Å². The Morgan fingerprint density at radius 1 is 1.60 bits per heavy atom. The summed E-state index contributed by atoms with van der Waals surface area (Å²) in [4.78, 5) is 11.1. The van der Waals surface area contributed by atoms with Gasteiger partial charge < -0.3 is 4.74 Å². The van der Waals surface area contributed by atoms with E-state index in [1.54, 1.807) is 0 Å². The number of rotatable bonds is 1. The Balaban J connectivity index is 2.48. The Morgan fingerprint density at radius 2 is 2.30 bits per heavy atom. The van der Waals surface area contributed by atoms with E-state index in [0.717, 1.165) is 13.0 Å². The molecule has 0 amide bonds. The van der Waals surface area contributed by atoms with E-state index in [-0.39, 0.29) is 11.9 Å².